The maximum atomic E-state index is 13.6. The third kappa shape index (κ3) is 2.74. The molecule has 1 fully saturated rings. The van der Waals surface area contributed by atoms with E-state index >= 15 is 0 Å². The van der Waals surface area contributed by atoms with Crippen molar-refractivity contribution in [1.82, 2.24) is 5.32 Å². The summed E-state index contributed by atoms with van der Waals surface area (Å²) in [6.45, 7) is 0.836. The highest BCUT2D eigenvalue weighted by Gasteiger charge is 2.22. The van der Waals surface area contributed by atoms with Crippen LogP contribution in [0.5, 0.6) is 5.75 Å². The van der Waals surface area contributed by atoms with E-state index in [0.717, 1.165) is 19.4 Å². The van der Waals surface area contributed by atoms with E-state index in [2.05, 4.69) is 10.6 Å². The molecule has 1 amide bonds. The minimum absolute atomic E-state index is 0.185. The number of carbonyl (C=O) groups excluding carboxylic acids is 1. The second-order valence-corrected chi connectivity index (χ2v) is 3.98. The zero-order valence-corrected chi connectivity index (χ0v) is 9.63. The Bertz CT molecular complexity index is 417. The fraction of sp³-hybridized carbons (Fsp3) is 0.417. The number of hydrogen-bond acceptors (Lipinski definition) is 3. The molecule has 1 heterocycles. The Morgan fingerprint density at radius 2 is 2.41 bits per heavy atom. The number of nitrogens with one attached hydrogen (secondary N) is 2. The van der Waals surface area contributed by atoms with Crippen LogP contribution in [0.4, 0.5) is 10.1 Å². The van der Waals surface area contributed by atoms with Gasteiger partial charge in [-0.05, 0) is 31.5 Å². The van der Waals surface area contributed by atoms with Crippen molar-refractivity contribution in [1.29, 1.82) is 0 Å². The zero-order chi connectivity index (χ0) is 12.3. The zero-order valence-electron chi connectivity index (χ0n) is 9.63. The topological polar surface area (TPSA) is 50.4 Å². The van der Waals surface area contributed by atoms with Gasteiger partial charge in [-0.3, -0.25) is 4.79 Å². The number of benzene rings is 1. The molecule has 17 heavy (non-hydrogen) atoms. The molecule has 1 aliphatic heterocycles. The largest absolute Gasteiger partial charge is 0.497 e. The average Bonchev–Trinajstić information content (AvgIpc) is 2.85. The molecule has 92 valence electrons. The highest BCUT2D eigenvalue weighted by atomic mass is 19.1. The van der Waals surface area contributed by atoms with Crippen LogP contribution in [0.2, 0.25) is 0 Å². The molecule has 0 saturated carbocycles. The predicted octanol–water partition coefficient (Wildman–Crippen LogP) is 1.52. The first-order chi connectivity index (χ1) is 8.20. The molecule has 1 saturated heterocycles. The molecule has 1 aromatic rings. The molecule has 5 heteroatoms. The third-order valence-corrected chi connectivity index (χ3v) is 2.81. The number of rotatable bonds is 3. The number of anilines is 1. The second kappa shape index (κ2) is 5.14. The molecule has 4 nitrogen and oxygen atoms in total. The van der Waals surface area contributed by atoms with Crippen LogP contribution >= 0.6 is 0 Å². The smallest absolute Gasteiger partial charge is 0.241 e. The van der Waals surface area contributed by atoms with Gasteiger partial charge in [0, 0.05) is 6.07 Å². The van der Waals surface area contributed by atoms with E-state index in [1.165, 1.54) is 19.2 Å². The number of methoxy groups -OCH3 is 1. The van der Waals surface area contributed by atoms with Gasteiger partial charge in [0.25, 0.3) is 0 Å². The first-order valence-corrected chi connectivity index (χ1v) is 5.58. The Balaban J connectivity index is 2.05. The summed E-state index contributed by atoms with van der Waals surface area (Å²) in [6.07, 6.45) is 1.77. The van der Waals surface area contributed by atoms with Crippen LogP contribution in [0.15, 0.2) is 18.2 Å². The van der Waals surface area contributed by atoms with Crippen LogP contribution in [-0.2, 0) is 4.79 Å². The van der Waals surface area contributed by atoms with Crippen molar-refractivity contribution in [3.63, 3.8) is 0 Å². The van der Waals surface area contributed by atoms with E-state index in [1.807, 2.05) is 0 Å². The van der Waals surface area contributed by atoms with Gasteiger partial charge in [0.15, 0.2) is 0 Å². The monoisotopic (exact) mass is 238 g/mol. The van der Waals surface area contributed by atoms with Crippen LogP contribution in [0.1, 0.15) is 12.8 Å². The first-order valence-electron chi connectivity index (χ1n) is 5.58. The van der Waals surface area contributed by atoms with E-state index in [1.54, 1.807) is 6.07 Å². The van der Waals surface area contributed by atoms with Crippen LogP contribution < -0.4 is 15.4 Å². The number of halogens is 1. The van der Waals surface area contributed by atoms with Gasteiger partial charge in [-0.2, -0.15) is 0 Å². The van der Waals surface area contributed by atoms with Gasteiger partial charge in [0.05, 0.1) is 18.8 Å². The van der Waals surface area contributed by atoms with Crippen molar-refractivity contribution in [2.45, 2.75) is 18.9 Å². The van der Waals surface area contributed by atoms with Crippen LogP contribution in [0, 0.1) is 5.82 Å². The normalized spacial score (nSPS) is 19.1. The minimum Gasteiger partial charge on any atom is -0.497 e. The van der Waals surface area contributed by atoms with Gasteiger partial charge in [-0.25, -0.2) is 4.39 Å². The lowest BCUT2D eigenvalue weighted by Crippen LogP contribution is -2.35. The van der Waals surface area contributed by atoms with Crippen LogP contribution in [-0.4, -0.2) is 25.6 Å². The third-order valence-electron chi connectivity index (χ3n) is 2.81. The van der Waals surface area contributed by atoms with Gasteiger partial charge in [-0.15, -0.1) is 0 Å². The molecule has 1 aliphatic rings. The number of hydrogen-bond donors (Lipinski definition) is 2. The molecule has 1 atom stereocenters. The van der Waals surface area contributed by atoms with Crippen molar-refractivity contribution >= 4 is 11.6 Å². The van der Waals surface area contributed by atoms with Gasteiger partial charge in [0.2, 0.25) is 5.91 Å². The van der Waals surface area contributed by atoms with E-state index in [0.29, 0.717) is 5.75 Å². The number of amides is 1. The minimum atomic E-state index is -0.490. The van der Waals surface area contributed by atoms with Crippen molar-refractivity contribution < 1.29 is 13.9 Å². The van der Waals surface area contributed by atoms with Crippen LogP contribution in [0.3, 0.4) is 0 Å². The average molecular weight is 238 g/mol. The maximum absolute atomic E-state index is 13.6. The molecule has 0 radical (unpaired) electrons. The second-order valence-electron chi connectivity index (χ2n) is 3.98. The van der Waals surface area contributed by atoms with Crippen LogP contribution in [0.25, 0.3) is 0 Å². The highest BCUT2D eigenvalue weighted by molar-refractivity contribution is 5.95. The van der Waals surface area contributed by atoms with Gasteiger partial charge in [0.1, 0.15) is 11.6 Å². The summed E-state index contributed by atoms with van der Waals surface area (Å²) in [4.78, 5) is 11.7. The van der Waals surface area contributed by atoms with Crippen molar-refractivity contribution in [2.24, 2.45) is 0 Å². The summed E-state index contributed by atoms with van der Waals surface area (Å²) in [5.41, 5.74) is 0.185. The Morgan fingerprint density at radius 1 is 1.59 bits per heavy atom. The molecule has 0 aromatic heterocycles. The Hall–Kier alpha value is -1.62. The molecule has 1 aromatic carbocycles. The fourth-order valence-corrected chi connectivity index (χ4v) is 1.85. The molecular weight excluding hydrogens is 223 g/mol. The van der Waals surface area contributed by atoms with E-state index in [4.69, 9.17) is 4.74 Å². The lowest BCUT2D eigenvalue weighted by Gasteiger charge is -2.12. The highest BCUT2D eigenvalue weighted by Crippen LogP contribution is 2.20. The number of carbonyl (C=O) groups is 1. The first kappa shape index (κ1) is 11.9. The summed E-state index contributed by atoms with van der Waals surface area (Å²) in [5, 5.41) is 5.63. The molecule has 2 N–H and O–H groups in total. The molecular formula is C12H15FN2O2. The summed E-state index contributed by atoms with van der Waals surface area (Å²) < 4.78 is 18.5. The standard InChI is InChI=1S/C12H15FN2O2/c1-17-8-4-5-10(9(13)7-8)15-12(16)11-3-2-6-14-11/h4-5,7,11,14H,2-3,6H2,1H3,(H,15,16). The fourth-order valence-electron chi connectivity index (χ4n) is 1.85. The SMILES string of the molecule is COc1ccc(NC(=O)C2CCCN2)c(F)c1. The van der Waals surface area contributed by atoms with Gasteiger partial charge in [-0.1, -0.05) is 0 Å². The summed E-state index contributed by atoms with van der Waals surface area (Å²) >= 11 is 0. The lowest BCUT2D eigenvalue weighted by atomic mass is 10.2. The van der Waals surface area contributed by atoms with E-state index < -0.39 is 5.82 Å². The Labute approximate surface area is 99.2 Å². The predicted molar refractivity (Wildman–Crippen MR) is 62.6 cm³/mol. The maximum Gasteiger partial charge on any atom is 0.241 e. The van der Waals surface area contributed by atoms with Crippen molar-refractivity contribution in [3.05, 3.63) is 24.0 Å². The van der Waals surface area contributed by atoms with Gasteiger partial charge >= 0.3 is 0 Å². The van der Waals surface area contributed by atoms with Crippen molar-refractivity contribution in [3.8, 4) is 5.75 Å². The molecule has 0 bridgehead atoms. The van der Waals surface area contributed by atoms with Crippen molar-refractivity contribution in [2.75, 3.05) is 19.0 Å². The summed E-state index contributed by atoms with van der Waals surface area (Å²) in [6, 6.07) is 4.15. The van der Waals surface area contributed by atoms with E-state index in [9.17, 15) is 9.18 Å². The Kier molecular flexibility index (Phi) is 3.58. The molecule has 0 aliphatic carbocycles. The molecule has 2 rings (SSSR count). The summed E-state index contributed by atoms with van der Waals surface area (Å²) in [7, 11) is 1.47. The Morgan fingerprint density at radius 3 is 3.00 bits per heavy atom. The van der Waals surface area contributed by atoms with E-state index in [-0.39, 0.29) is 17.6 Å². The molecule has 1 unspecified atom stereocenters. The number of ether oxygens (including phenoxy) is 1. The quantitative estimate of drug-likeness (QED) is 0.839. The molecule has 0 spiro atoms. The lowest BCUT2D eigenvalue weighted by molar-refractivity contribution is -0.117. The summed E-state index contributed by atoms with van der Waals surface area (Å²) in [5.74, 6) is -0.248. The van der Waals surface area contributed by atoms with Gasteiger partial charge < -0.3 is 15.4 Å².